The fourth-order valence-corrected chi connectivity index (χ4v) is 2.11. The summed E-state index contributed by atoms with van der Waals surface area (Å²) in [5, 5.41) is 2.83. The fourth-order valence-electron chi connectivity index (χ4n) is 2.11. The molecule has 0 heterocycles. The number of nitrogens with one attached hydrogen (secondary N) is 1. The summed E-state index contributed by atoms with van der Waals surface area (Å²) in [6.07, 6.45) is 0. The van der Waals surface area contributed by atoms with Gasteiger partial charge < -0.3 is 16.8 Å². The zero-order valence-corrected chi connectivity index (χ0v) is 12.5. The molecule has 1 aromatic rings. The lowest BCUT2D eigenvalue weighted by molar-refractivity contribution is 0.0934. The fraction of sp³-hybridized carbons (Fsp3) is 0.467. The molecule has 0 unspecified atom stereocenters. The third kappa shape index (κ3) is 5.63. The van der Waals surface area contributed by atoms with E-state index in [0.29, 0.717) is 37.3 Å². The number of ketones is 1. The van der Waals surface area contributed by atoms with Crippen LogP contribution in [0.5, 0.6) is 0 Å². The molecule has 0 aliphatic carbocycles. The maximum absolute atomic E-state index is 12.1. The number of rotatable bonds is 9. The quantitative estimate of drug-likeness (QED) is 0.549. The number of amides is 1. The molecule has 1 aromatic carbocycles. The summed E-state index contributed by atoms with van der Waals surface area (Å²) >= 11 is 0. The minimum Gasteiger partial charge on any atom is -0.351 e. The molecule has 0 spiro atoms. The molecule has 0 fully saturated rings. The van der Waals surface area contributed by atoms with E-state index in [0.717, 1.165) is 13.1 Å². The minimum absolute atomic E-state index is 0.117. The van der Waals surface area contributed by atoms with Crippen LogP contribution >= 0.6 is 0 Å². The number of Topliss-reactive ketones (excluding diaryl/α,β-unsaturated/α-hetero) is 1. The van der Waals surface area contributed by atoms with E-state index >= 15 is 0 Å². The average molecular weight is 292 g/mol. The molecule has 0 saturated carbocycles. The second-order valence-corrected chi connectivity index (χ2v) is 4.78. The molecular formula is C15H24N4O2. The standard InChI is InChI=1S/C15H24N4O2/c1-12(20)13-4-2-3-5-14(13)15(21)18-8-11-19(9-6-16)10-7-17/h2-5H,6-11,16-17H2,1H3,(H,18,21). The summed E-state index contributed by atoms with van der Waals surface area (Å²) < 4.78 is 0. The molecule has 0 atom stereocenters. The van der Waals surface area contributed by atoms with Crippen molar-refractivity contribution in [2.75, 3.05) is 39.3 Å². The van der Waals surface area contributed by atoms with Gasteiger partial charge in [-0.15, -0.1) is 0 Å². The van der Waals surface area contributed by atoms with Crippen LogP contribution in [0.25, 0.3) is 0 Å². The highest BCUT2D eigenvalue weighted by Crippen LogP contribution is 2.09. The van der Waals surface area contributed by atoms with Crippen molar-refractivity contribution in [2.24, 2.45) is 11.5 Å². The average Bonchev–Trinajstić information content (AvgIpc) is 2.47. The Bertz CT molecular complexity index is 470. The summed E-state index contributed by atoms with van der Waals surface area (Å²) in [6.45, 7) is 5.24. The second-order valence-electron chi connectivity index (χ2n) is 4.78. The largest absolute Gasteiger partial charge is 0.351 e. The van der Waals surface area contributed by atoms with Crippen LogP contribution in [0.1, 0.15) is 27.6 Å². The molecule has 0 aromatic heterocycles. The van der Waals surface area contributed by atoms with Crippen molar-refractivity contribution >= 4 is 11.7 Å². The van der Waals surface area contributed by atoms with Gasteiger partial charge in [0.1, 0.15) is 0 Å². The van der Waals surface area contributed by atoms with E-state index in [1.54, 1.807) is 24.3 Å². The van der Waals surface area contributed by atoms with Crippen LogP contribution in [0.15, 0.2) is 24.3 Å². The molecule has 6 heteroatoms. The second kappa shape index (κ2) is 9.23. The SMILES string of the molecule is CC(=O)c1ccccc1C(=O)NCCN(CCN)CCN. The van der Waals surface area contributed by atoms with Crippen LogP contribution in [0.4, 0.5) is 0 Å². The van der Waals surface area contributed by atoms with Gasteiger partial charge in [0.25, 0.3) is 5.91 Å². The van der Waals surface area contributed by atoms with E-state index in [-0.39, 0.29) is 11.7 Å². The minimum atomic E-state index is -0.235. The Kier molecular flexibility index (Phi) is 7.60. The Balaban J connectivity index is 2.56. The van der Waals surface area contributed by atoms with Gasteiger partial charge in [-0.2, -0.15) is 0 Å². The van der Waals surface area contributed by atoms with E-state index in [1.165, 1.54) is 6.92 Å². The summed E-state index contributed by atoms with van der Waals surface area (Å²) in [4.78, 5) is 25.7. The van der Waals surface area contributed by atoms with Crippen molar-refractivity contribution in [1.82, 2.24) is 10.2 Å². The number of nitrogens with zero attached hydrogens (tertiary/aromatic N) is 1. The van der Waals surface area contributed by atoms with Gasteiger partial charge in [-0.1, -0.05) is 18.2 Å². The van der Waals surface area contributed by atoms with Crippen molar-refractivity contribution in [2.45, 2.75) is 6.92 Å². The molecule has 116 valence electrons. The Morgan fingerprint density at radius 1 is 1.05 bits per heavy atom. The number of nitrogens with two attached hydrogens (primary N) is 2. The van der Waals surface area contributed by atoms with E-state index in [4.69, 9.17) is 11.5 Å². The Labute approximate surface area is 125 Å². The van der Waals surface area contributed by atoms with Crippen LogP contribution in [-0.4, -0.2) is 55.9 Å². The topological polar surface area (TPSA) is 101 Å². The monoisotopic (exact) mass is 292 g/mol. The lowest BCUT2D eigenvalue weighted by Gasteiger charge is -2.20. The maximum Gasteiger partial charge on any atom is 0.252 e. The molecule has 0 saturated heterocycles. The van der Waals surface area contributed by atoms with Crippen LogP contribution in [0.2, 0.25) is 0 Å². The van der Waals surface area contributed by atoms with Gasteiger partial charge in [0.05, 0.1) is 5.56 Å². The van der Waals surface area contributed by atoms with Crippen molar-refractivity contribution in [1.29, 1.82) is 0 Å². The van der Waals surface area contributed by atoms with Crippen molar-refractivity contribution < 1.29 is 9.59 Å². The predicted octanol–water partition coefficient (Wildman–Crippen LogP) is -0.162. The summed E-state index contributed by atoms with van der Waals surface area (Å²) in [7, 11) is 0. The number of carbonyl (C=O) groups is 2. The summed E-state index contributed by atoms with van der Waals surface area (Å²) in [5.74, 6) is -0.352. The van der Waals surface area contributed by atoms with Gasteiger partial charge in [-0.05, 0) is 13.0 Å². The summed E-state index contributed by atoms with van der Waals surface area (Å²) in [5.41, 5.74) is 11.9. The van der Waals surface area contributed by atoms with Gasteiger partial charge in [0.2, 0.25) is 0 Å². The molecule has 0 bridgehead atoms. The molecule has 0 aliphatic heterocycles. The first-order valence-corrected chi connectivity index (χ1v) is 7.10. The Hall–Kier alpha value is -1.76. The molecule has 1 amide bonds. The third-order valence-electron chi connectivity index (χ3n) is 3.16. The molecular weight excluding hydrogens is 268 g/mol. The molecule has 21 heavy (non-hydrogen) atoms. The van der Waals surface area contributed by atoms with E-state index in [9.17, 15) is 9.59 Å². The van der Waals surface area contributed by atoms with E-state index < -0.39 is 0 Å². The van der Waals surface area contributed by atoms with Gasteiger partial charge >= 0.3 is 0 Å². The van der Waals surface area contributed by atoms with Crippen LogP contribution in [0, 0.1) is 0 Å². The zero-order chi connectivity index (χ0) is 15.7. The molecule has 5 N–H and O–H groups in total. The highest BCUT2D eigenvalue weighted by molar-refractivity contribution is 6.07. The molecule has 0 aliphatic rings. The van der Waals surface area contributed by atoms with Crippen molar-refractivity contribution in [3.8, 4) is 0 Å². The van der Waals surface area contributed by atoms with Crippen LogP contribution in [0.3, 0.4) is 0 Å². The Morgan fingerprint density at radius 2 is 1.62 bits per heavy atom. The van der Waals surface area contributed by atoms with Gasteiger partial charge in [0.15, 0.2) is 5.78 Å². The smallest absolute Gasteiger partial charge is 0.252 e. The zero-order valence-electron chi connectivity index (χ0n) is 12.5. The van der Waals surface area contributed by atoms with E-state index in [2.05, 4.69) is 10.2 Å². The highest BCUT2D eigenvalue weighted by Gasteiger charge is 2.13. The molecule has 6 nitrogen and oxygen atoms in total. The first kappa shape index (κ1) is 17.3. The molecule has 1 rings (SSSR count). The van der Waals surface area contributed by atoms with Gasteiger partial charge in [-0.25, -0.2) is 0 Å². The van der Waals surface area contributed by atoms with Gasteiger partial charge in [-0.3, -0.25) is 14.5 Å². The number of hydrogen-bond acceptors (Lipinski definition) is 5. The van der Waals surface area contributed by atoms with Crippen molar-refractivity contribution in [3.63, 3.8) is 0 Å². The highest BCUT2D eigenvalue weighted by atomic mass is 16.2. The Morgan fingerprint density at radius 3 is 2.14 bits per heavy atom. The predicted molar refractivity (Wildman–Crippen MR) is 83.3 cm³/mol. The number of benzene rings is 1. The van der Waals surface area contributed by atoms with Crippen LogP contribution < -0.4 is 16.8 Å². The number of carbonyl (C=O) groups excluding carboxylic acids is 2. The van der Waals surface area contributed by atoms with E-state index in [1.807, 2.05) is 0 Å². The lowest BCUT2D eigenvalue weighted by atomic mass is 10.0. The maximum atomic E-state index is 12.1. The lowest BCUT2D eigenvalue weighted by Crippen LogP contribution is -2.40. The first-order chi connectivity index (χ1) is 10.1. The summed E-state index contributed by atoms with van der Waals surface area (Å²) in [6, 6.07) is 6.81. The van der Waals surface area contributed by atoms with Crippen molar-refractivity contribution in [3.05, 3.63) is 35.4 Å². The normalized spacial score (nSPS) is 10.7. The first-order valence-electron chi connectivity index (χ1n) is 7.10. The van der Waals surface area contributed by atoms with Gasteiger partial charge in [0, 0.05) is 44.8 Å². The molecule has 0 radical (unpaired) electrons. The number of hydrogen-bond donors (Lipinski definition) is 3. The third-order valence-corrected chi connectivity index (χ3v) is 3.16. The van der Waals surface area contributed by atoms with Crippen LogP contribution in [-0.2, 0) is 0 Å².